The number of allylic oxidation sites excluding steroid dienone is 3. The molecule has 0 heterocycles. The van der Waals surface area contributed by atoms with E-state index in [0.717, 1.165) is 11.5 Å². The maximum absolute atomic E-state index is 6.10. The smallest absolute Gasteiger partial charge is 0.0629 e. The first kappa shape index (κ1) is 10.7. The molecule has 3 unspecified atom stereocenters. The van der Waals surface area contributed by atoms with Crippen molar-refractivity contribution < 1.29 is 0 Å². The molecule has 0 aromatic carbocycles. The largest absolute Gasteiger partial charge is 0.324 e. The molecule has 2 N–H and O–H groups in total. The number of hydrogen-bond donors (Lipinski definition) is 2. The number of fused-ring (bicyclic) bond motifs is 1. The zero-order valence-electron chi connectivity index (χ0n) is 8.80. The maximum atomic E-state index is 6.10. The highest BCUT2D eigenvalue weighted by molar-refractivity contribution is 7.96. The Balaban J connectivity index is 2.30. The van der Waals surface area contributed by atoms with Gasteiger partial charge < -0.3 is 5.73 Å². The normalized spacial score (nSPS) is 35.0. The molecule has 0 saturated carbocycles. The van der Waals surface area contributed by atoms with Gasteiger partial charge in [0.25, 0.3) is 0 Å². The van der Waals surface area contributed by atoms with Crippen molar-refractivity contribution in [1.29, 1.82) is 0 Å². The second kappa shape index (κ2) is 4.37. The SMILES string of the molecule is C/C(S)=N\C1CC=CC2=CC=CC(N)C21. The fourth-order valence-corrected chi connectivity index (χ4v) is 2.40. The van der Waals surface area contributed by atoms with Crippen molar-refractivity contribution in [2.24, 2.45) is 16.6 Å². The van der Waals surface area contributed by atoms with Crippen molar-refractivity contribution >= 4 is 17.7 Å². The van der Waals surface area contributed by atoms with Crippen LogP contribution in [0.2, 0.25) is 0 Å². The van der Waals surface area contributed by atoms with E-state index in [9.17, 15) is 0 Å². The van der Waals surface area contributed by atoms with Crippen molar-refractivity contribution in [3.63, 3.8) is 0 Å². The first-order valence-corrected chi connectivity index (χ1v) is 5.67. The summed E-state index contributed by atoms with van der Waals surface area (Å²) in [6.45, 7) is 1.91. The molecule has 80 valence electrons. The molecule has 3 heteroatoms. The Hall–Kier alpha value is -0.800. The molecule has 0 radical (unpaired) electrons. The molecule has 3 atom stereocenters. The van der Waals surface area contributed by atoms with E-state index >= 15 is 0 Å². The third kappa shape index (κ3) is 2.24. The van der Waals surface area contributed by atoms with Crippen molar-refractivity contribution in [1.82, 2.24) is 0 Å². The van der Waals surface area contributed by atoms with Gasteiger partial charge in [-0.3, -0.25) is 4.99 Å². The van der Waals surface area contributed by atoms with Gasteiger partial charge in [0.1, 0.15) is 0 Å². The molecule has 0 aromatic rings. The minimum absolute atomic E-state index is 0.0800. The van der Waals surface area contributed by atoms with Crippen LogP contribution in [0, 0.1) is 5.92 Å². The highest BCUT2D eigenvalue weighted by Gasteiger charge is 2.30. The topological polar surface area (TPSA) is 38.4 Å². The summed E-state index contributed by atoms with van der Waals surface area (Å²) >= 11 is 4.24. The second-order valence-corrected chi connectivity index (χ2v) is 4.68. The van der Waals surface area contributed by atoms with Gasteiger partial charge in [0.15, 0.2) is 0 Å². The molecule has 0 spiro atoms. The zero-order valence-corrected chi connectivity index (χ0v) is 9.69. The van der Waals surface area contributed by atoms with Crippen LogP contribution in [0.3, 0.4) is 0 Å². The minimum atomic E-state index is 0.0800. The summed E-state index contributed by atoms with van der Waals surface area (Å²) < 4.78 is 0. The molecule has 0 amide bonds. The number of nitrogens with zero attached hydrogens (tertiary/aromatic N) is 1. The van der Waals surface area contributed by atoms with E-state index in [-0.39, 0.29) is 12.1 Å². The van der Waals surface area contributed by atoms with Crippen LogP contribution >= 0.6 is 12.6 Å². The molecule has 0 bridgehead atoms. The van der Waals surface area contributed by atoms with Crippen LogP contribution in [-0.2, 0) is 0 Å². The first-order valence-electron chi connectivity index (χ1n) is 5.22. The van der Waals surface area contributed by atoms with E-state index in [1.807, 2.05) is 19.1 Å². The van der Waals surface area contributed by atoms with E-state index in [2.05, 4.69) is 35.8 Å². The van der Waals surface area contributed by atoms with E-state index in [1.54, 1.807) is 0 Å². The first-order chi connectivity index (χ1) is 7.18. The minimum Gasteiger partial charge on any atom is -0.324 e. The lowest BCUT2D eigenvalue weighted by molar-refractivity contribution is 0.437. The molecule has 0 saturated heterocycles. The Kier molecular flexibility index (Phi) is 3.12. The van der Waals surface area contributed by atoms with Crippen molar-refractivity contribution in [2.75, 3.05) is 0 Å². The molecule has 0 aliphatic heterocycles. The summed E-state index contributed by atoms with van der Waals surface area (Å²) in [7, 11) is 0. The van der Waals surface area contributed by atoms with E-state index < -0.39 is 0 Å². The molecule has 2 aliphatic rings. The highest BCUT2D eigenvalue weighted by atomic mass is 32.1. The lowest BCUT2D eigenvalue weighted by Gasteiger charge is -2.33. The number of thiol groups is 1. The summed E-state index contributed by atoms with van der Waals surface area (Å²) in [6, 6.07) is 0.329. The summed E-state index contributed by atoms with van der Waals surface area (Å²) in [4.78, 5) is 4.55. The Labute approximate surface area is 96.1 Å². The van der Waals surface area contributed by atoms with Crippen LogP contribution in [0.15, 0.2) is 40.9 Å². The third-order valence-electron chi connectivity index (χ3n) is 2.88. The monoisotopic (exact) mass is 220 g/mol. The van der Waals surface area contributed by atoms with Gasteiger partial charge >= 0.3 is 0 Å². The van der Waals surface area contributed by atoms with Gasteiger partial charge in [-0.05, 0) is 18.9 Å². The molecule has 15 heavy (non-hydrogen) atoms. The molecule has 0 aromatic heterocycles. The van der Waals surface area contributed by atoms with Crippen molar-refractivity contribution in [2.45, 2.75) is 25.4 Å². The van der Waals surface area contributed by atoms with Gasteiger partial charge in [0.2, 0.25) is 0 Å². The lowest BCUT2D eigenvalue weighted by Crippen LogP contribution is -2.39. The fourth-order valence-electron chi connectivity index (χ4n) is 2.26. The number of nitrogens with two attached hydrogens (primary N) is 1. The summed E-state index contributed by atoms with van der Waals surface area (Å²) in [6.07, 6.45) is 11.5. The molecular formula is C12H16N2S. The van der Waals surface area contributed by atoms with Crippen LogP contribution < -0.4 is 5.73 Å². The average Bonchev–Trinajstić information content (AvgIpc) is 2.17. The summed E-state index contributed by atoms with van der Waals surface area (Å²) in [5, 5.41) is 0.830. The zero-order chi connectivity index (χ0) is 10.8. The standard InChI is InChI=1S/C12H16N2S/c1-8(15)14-11-7-3-5-9-4-2-6-10(13)12(9)11/h2-6,10-12H,7,13H2,1H3,(H,14,15). The molecule has 2 nitrogen and oxygen atoms in total. The van der Waals surface area contributed by atoms with Gasteiger partial charge in [-0.1, -0.05) is 30.4 Å². The van der Waals surface area contributed by atoms with Crippen LogP contribution in [0.25, 0.3) is 0 Å². The van der Waals surface area contributed by atoms with Crippen LogP contribution in [0.4, 0.5) is 0 Å². The van der Waals surface area contributed by atoms with E-state index in [0.29, 0.717) is 5.92 Å². The Morgan fingerprint density at radius 3 is 3.13 bits per heavy atom. The average molecular weight is 220 g/mol. The highest BCUT2D eigenvalue weighted by Crippen LogP contribution is 2.32. The summed E-state index contributed by atoms with van der Waals surface area (Å²) in [5.74, 6) is 0.321. The lowest BCUT2D eigenvalue weighted by atomic mass is 9.78. The Morgan fingerprint density at radius 1 is 1.60 bits per heavy atom. The van der Waals surface area contributed by atoms with Crippen LogP contribution in [0.5, 0.6) is 0 Å². The quantitative estimate of drug-likeness (QED) is 0.396. The van der Waals surface area contributed by atoms with Crippen LogP contribution in [-0.4, -0.2) is 17.1 Å². The Morgan fingerprint density at radius 2 is 2.40 bits per heavy atom. The predicted octanol–water partition coefficient (Wildman–Crippen LogP) is 2.10. The fraction of sp³-hybridized carbons (Fsp3) is 0.417. The number of aliphatic imine (C=N–C) groups is 1. The van der Waals surface area contributed by atoms with Crippen molar-refractivity contribution in [3.05, 3.63) is 36.0 Å². The second-order valence-electron chi connectivity index (χ2n) is 4.04. The van der Waals surface area contributed by atoms with Crippen molar-refractivity contribution in [3.8, 4) is 0 Å². The molecule has 2 aliphatic carbocycles. The van der Waals surface area contributed by atoms with E-state index in [4.69, 9.17) is 5.73 Å². The maximum Gasteiger partial charge on any atom is 0.0629 e. The number of rotatable bonds is 1. The third-order valence-corrected chi connectivity index (χ3v) is 2.99. The number of hydrogen-bond acceptors (Lipinski definition) is 2. The Bertz CT molecular complexity index is 362. The summed E-state index contributed by atoms with van der Waals surface area (Å²) in [5.41, 5.74) is 7.39. The van der Waals surface area contributed by atoms with Gasteiger partial charge in [-0.2, -0.15) is 0 Å². The van der Waals surface area contributed by atoms with Crippen LogP contribution in [0.1, 0.15) is 13.3 Å². The van der Waals surface area contributed by atoms with Gasteiger partial charge in [-0.15, -0.1) is 12.6 Å². The van der Waals surface area contributed by atoms with Gasteiger partial charge in [0.05, 0.1) is 11.1 Å². The molecular weight excluding hydrogens is 204 g/mol. The molecule has 2 rings (SSSR count). The van der Waals surface area contributed by atoms with Gasteiger partial charge in [-0.25, -0.2) is 0 Å². The predicted molar refractivity (Wildman–Crippen MR) is 68.3 cm³/mol. The van der Waals surface area contributed by atoms with Gasteiger partial charge in [0, 0.05) is 12.0 Å². The van der Waals surface area contributed by atoms with E-state index in [1.165, 1.54) is 5.57 Å². The molecule has 0 fully saturated rings.